The number of rotatable bonds is 6. The summed E-state index contributed by atoms with van der Waals surface area (Å²) in [4.78, 5) is 16.4. The molecule has 2 aromatic rings. The van der Waals surface area contributed by atoms with E-state index in [9.17, 15) is 9.90 Å². The Kier molecular flexibility index (Phi) is 4.44. The molecule has 0 unspecified atom stereocenters. The van der Waals surface area contributed by atoms with Gasteiger partial charge in [0.2, 0.25) is 0 Å². The van der Waals surface area contributed by atoms with Crippen molar-refractivity contribution in [2.45, 2.75) is 11.7 Å². The van der Waals surface area contributed by atoms with Crippen LogP contribution in [0, 0.1) is 0 Å². The van der Waals surface area contributed by atoms with Gasteiger partial charge in [0.1, 0.15) is 0 Å². The molecule has 0 saturated heterocycles. The van der Waals surface area contributed by atoms with Gasteiger partial charge < -0.3 is 19.4 Å². The van der Waals surface area contributed by atoms with Crippen LogP contribution < -0.4 is 10.0 Å². The fraction of sp³-hybridized carbons (Fsp3) is 0.385. The van der Waals surface area contributed by atoms with Gasteiger partial charge in [0.05, 0.1) is 44.2 Å². The monoisotopic (exact) mass is 279 g/mol. The Hall–Kier alpha value is -1.53. The second kappa shape index (κ2) is 6.08. The second-order valence-electron chi connectivity index (χ2n) is 4.65. The first-order valence-electron chi connectivity index (χ1n) is 6.15. The minimum atomic E-state index is -1.07. The van der Waals surface area contributed by atoms with Crippen molar-refractivity contribution in [1.29, 1.82) is 0 Å². The molecule has 2 rings (SSSR count). The van der Waals surface area contributed by atoms with Gasteiger partial charge in [-0.2, -0.15) is 0 Å². The van der Waals surface area contributed by atoms with Crippen LogP contribution in [0.2, 0.25) is 0 Å². The van der Waals surface area contributed by atoms with E-state index in [2.05, 4.69) is 23.6 Å². The molecule has 6 heteroatoms. The summed E-state index contributed by atoms with van der Waals surface area (Å²) >= 11 is 1.21. The number of aromatic nitrogens is 2. The quantitative estimate of drug-likeness (QED) is 0.691. The standard InChI is InChI=1S/C13H17N3O2S/c1-15(2)7-8-16-11-6-4-3-5-10(11)14-13(16)19-9-12(17)18/h3-6H,7-9H2,1-2H3,(H,17,18). The first kappa shape index (κ1) is 13.9. The lowest BCUT2D eigenvalue weighted by molar-refractivity contribution is -0.858. The van der Waals surface area contributed by atoms with E-state index in [0.717, 1.165) is 29.3 Å². The maximum atomic E-state index is 10.6. The molecule has 0 bridgehead atoms. The van der Waals surface area contributed by atoms with Crippen molar-refractivity contribution < 1.29 is 14.8 Å². The van der Waals surface area contributed by atoms with Crippen molar-refractivity contribution in [2.75, 3.05) is 26.4 Å². The predicted octanol–water partition coefficient (Wildman–Crippen LogP) is -0.977. The van der Waals surface area contributed by atoms with Crippen LogP contribution in [0.25, 0.3) is 11.0 Å². The van der Waals surface area contributed by atoms with Crippen LogP contribution in [-0.2, 0) is 11.3 Å². The Morgan fingerprint density at radius 3 is 2.84 bits per heavy atom. The topological polar surface area (TPSA) is 62.4 Å². The number of hydrogen-bond donors (Lipinski definition) is 1. The summed E-state index contributed by atoms with van der Waals surface area (Å²) in [6, 6.07) is 7.86. The number of hydrogen-bond acceptors (Lipinski definition) is 4. The molecule has 5 nitrogen and oxygen atoms in total. The van der Waals surface area contributed by atoms with Gasteiger partial charge in [0.15, 0.2) is 5.16 Å². The van der Waals surface area contributed by atoms with Crippen LogP contribution in [0.4, 0.5) is 0 Å². The molecular weight excluding hydrogens is 262 g/mol. The highest BCUT2D eigenvalue weighted by atomic mass is 32.2. The predicted molar refractivity (Wildman–Crippen MR) is 73.1 cm³/mol. The molecule has 102 valence electrons. The highest BCUT2D eigenvalue weighted by molar-refractivity contribution is 7.99. The summed E-state index contributed by atoms with van der Waals surface area (Å²) in [5.74, 6) is -1.14. The molecule has 0 atom stereocenters. The number of carboxylic acids is 1. The van der Waals surface area contributed by atoms with Crippen LogP contribution in [0.3, 0.4) is 0 Å². The number of likely N-dealkylation sites (N-methyl/N-ethyl adjacent to an activating group) is 1. The van der Waals surface area contributed by atoms with Crippen molar-refractivity contribution >= 4 is 28.8 Å². The van der Waals surface area contributed by atoms with Crippen LogP contribution in [0.1, 0.15) is 0 Å². The van der Waals surface area contributed by atoms with Gasteiger partial charge in [-0.15, -0.1) is 0 Å². The summed E-state index contributed by atoms with van der Waals surface area (Å²) in [7, 11) is 4.18. The molecule has 0 radical (unpaired) electrons. The number of carboxylic acid groups (broad SMARTS) is 1. The number of nitrogens with one attached hydrogen (secondary N) is 1. The zero-order valence-corrected chi connectivity index (χ0v) is 11.9. The molecule has 0 aliphatic rings. The lowest BCUT2D eigenvalue weighted by Gasteiger charge is -2.11. The van der Waals surface area contributed by atoms with E-state index < -0.39 is 5.97 Å². The summed E-state index contributed by atoms with van der Waals surface area (Å²) < 4.78 is 2.08. The van der Waals surface area contributed by atoms with Gasteiger partial charge in [-0.3, -0.25) is 0 Å². The van der Waals surface area contributed by atoms with Crippen molar-refractivity contribution in [3.63, 3.8) is 0 Å². The first-order valence-corrected chi connectivity index (χ1v) is 7.13. The Bertz CT molecular complexity index is 580. The zero-order chi connectivity index (χ0) is 13.8. The van der Waals surface area contributed by atoms with Crippen LogP contribution >= 0.6 is 11.8 Å². The number of quaternary nitrogens is 1. The smallest absolute Gasteiger partial charge is 0.169 e. The lowest BCUT2D eigenvalue weighted by Crippen LogP contribution is -3.06. The highest BCUT2D eigenvalue weighted by Gasteiger charge is 2.11. The highest BCUT2D eigenvalue weighted by Crippen LogP contribution is 2.23. The molecule has 0 aliphatic carbocycles. The summed E-state index contributed by atoms with van der Waals surface area (Å²) in [6.07, 6.45) is 0. The minimum Gasteiger partial charge on any atom is -0.549 e. The maximum absolute atomic E-state index is 10.6. The summed E-state index contributed by atoms with van der Waals surface area (Å²) in [6.45, 7) is 1.78. The fourth-order valence-electron chi connectivity index (χ4n) is 1.84. The third-order valence-corrected chi connectivity index (χ3v) is 3.72. The van der Waals surface area contributed by atoms with Crippen molar-refractivity contribution in [2.24, 2.45) is 0 Å². The maximum Gasteiger partial charge on any atom is 0.169 e. The van der Waals surface area contributed by atoms with Crippen molar-refractivity contribution in [1.82, 2.24) is 9.55 Å². The molecule has 0 aliphatic heterocycles. The largest absolute Gasteiger partial charge is 0.549 e. The minimum absolute atomic E-state index is 0.0713. The summed E-state index contributed by atoms with van der Waals surface area (Å²) in [5, 5.41) is 11.3. The Morgan fingerprint density at radius 1 is 1.42 bits per heavy atom. The number of benzene rings is 1. The molecule has 1 aromatic carbocycles. The van der Waals surface area contributed by atoms with Crippen molar-refractivity contribution in [3.05, 3.63) is 24.3 Å². The number of imidazole rings is 1. The molecule has 0 spiro atoms. The number of nitrogens with zero attached hydrogens (tertiary/aromatic N) is 2. The van der Waals surface area contributed by atoms with E-state index in [1.54, 1.807) is 0 Å². The third-order valence-electron chi connectivity index (χ3n) is 2.77. The molecule has 1 aromatic heterocycles. The average Bonchev–Trinajstić information content (AvgIpc) is 2.71. The summed E-state index contributed by atoms with van der Waals surface area (Å²) in [5.41, 5.74) is 1.95. The number of fused-ring (bicyclic) bond motifs is 1. The van der Waals surface area contributed by atoms with Crippen molar-refractivity contribution in [3.8, 4) is 0 Å². The first-order chi connectivity index (χ1) is 9.08. The van der Waals surface area contributed by atoms with Crippen LogP contribution in [0.15, 0.2) is 29.4 Å². The third kappa shape index (κ3) is 3.48. The van der Waals surface area contributed by atoms with E-state index in [-0.39, 0.29) is 5.75 Å². The normalized spacial score (nSPS) is 11.3. The number of thioether (sulfide) groups is 1. The van der Waals surface area contributed by atoms with Gasteiger partial charge >= 0.3 is 0 Å². The van der Waals surface area contributed by atoms with Gasteiger partial charge in [-0.05, 0) is 12.1 Å². The molecule has 1 heterocycles. The van der Waals surface area contributed by atoms with E-state index in [0.29, 0.717) is 0 Å². The fourth-order valence-corrected chi connectivity index (χ4v) is 2.59. The van der Waals surface area contributed by atoms with E-state index in [4.69, 9.17) is 0 Å². The second-order valence-corrected chi connectivity index (χ2v) is 5.60. The van der Waals surface area contributed by atoms with E-state index >= 15 is 0 Å². The SMILES string of the molecule is C[NH+](C)CCn1c(SCC(=O)[O-])nc2ccccc21. The Morgan fingerprint density at radius 2 is 2.16 bits per heavy atom. The number of carbonyl (C=O) groups is 1. The average molecular weight is 279 g/mol. The van der Waals surface area contributed by atoms with Gasteiger partial charge in [0.25, 0.3) is 0 Å². The Labute approximate surface area is 116 Å². The van der Waals surface area contributed by atoms with Crippen LogP contribution in [-0.4, -0.2) is 41.9 Å². The van der Waals surface area contributed by atoms with E-state index in [1.807, 2.05) is 24.3 Å². The van der Waals surface area contributed by atoms with Crippen LogP contribution in [0.5, 0.6) is 0 Å². The number of aliphatic carboxylic acids is 1. The number of carbonyl (C=O) groups excluding carboxylic acids is 1. The molecular formula is C13H17N3O2S. The lowest BCUT2D eigenvalue weighted by atomic mass is 10.3. The number of para-hydroxylation sites is 2. The van der Waals surface area contributed by atoms with Gasteiger partial charge in [0, 0.05) is 5.75 Å². The molecule has 0 fully saturated rings. The van der Waals surface area contributed by atoms with E-state index in [1.165, 1.54) is 16.7 Å². The van der Waals surface area contributed by atoms with Gasteiger partial charge in [-0.25, -0.2) is 4.98 Å². The molecule has 0 amide bonds. The zero-order valence-electron chi connectivity index (χ0n) is 11.0. The van der Waals surface area contributed by atoms with Gasteiger partial charge in [-0.1, -0.05) is 23.9 Å². The molecule has 1 N–H and O–H groups in total. The Balaban J connectivity index is 2.31. The molecule has 0 saturated carbocycles. The molecule has 19 heavy (non-hydrogen) atoms.